The molecule has 18 heavy (non-hydrogen) atoms. The van der Waals surface area contributed by atoms with Crippen molar-refractivity contribution in [2.75, 3.05) is 6.54 Å². The van der Waals surface area contributed by atoms with Crippen molar-refractivity contribution in [2.24, 2.45) is 0 Å². The first-order chi connectivity index (χ1) is 8.59. The van der Waals surface area contributed by atoms with Crippen LogP contribution in [-0.4, -0.2) is 6.54 Å². The third-order valence-electron chi connectivity index (χ3n) is 2.80. The zero-order chi connectivity index (χ0) is 13.0. The van der Waals surface area contributed by atoms with Gasteiger partial charge in [0, 0.05) is 17.0 Å². The molecule has 0 radical (unpaired) electrons. The SMILES string of the molecule is Cc1ccsc1CNCC(F)(F)c1ccccc1. The lowest BCUT2D eigenvalue weighted by molar-refractivity contribution is -0.00339. The van der Waals surface area contributed by atoms with Gasteiger partial charge in [0.25, 0.3) is 5.92 Å². The Morgan fingerprint density at radius 2 is 1.89 bits per heavy atom. The second-order valence-corrected chi connectivity index (χ2v) is 5.20. The number of thiophene rings is 1. The molecule has 1 aromatic heterocycles. The smallest absolute Gasteiger partial charge is 0.285 e. The van der Waals surface area contributed by atoms with E-state index >= 15 is 0 Å². The highest BCUT2D eigenvalue weighted by Crippen LogP contribution is 2.27. The van der Waals surface area contributed by atoms with E-state index in [0.29, 0.717) is 6.54 Å². The molecule has 1 nitrogen and oxygen atoms in total. The highest BCUT2D eigenvalue weighted by atomic mass is 32.1. The molecule has 4 heteroatoms. The Bertz CT molecular complexity index is 494. The number of benzene rings is 1. The fourth-order valence-corrected chi connectivity index (χ4v) is 2.58. The van der Waals surface area contributed by atoms with Gasteiger partial charge in [-0.05, 0) is 23.9 Å². The fraction of sp³-hybridized carbons (Fsp3) is 0.286. The predicted molar refractivity (Wildman–Crippen MR) is 71.1 cm³/mol. The molecule has 2 rings (SSSR count). The van der Waals surface area contributed by atoms with Gasteiger partial charge >= 0.3 is 0 Å². The summed E-state index contributed by atoms with van der Waals surface area (Å²) in [6.45, 7) is 2.14. The van der Waals surface area contributed by atoms with Crippen LogP contribution < -0.4 is 5.32 Å². The molecule has 0 bridgehead atoms. The van der Waals surface area contributed by atoms with Crippen LogP contribution in [0.1, 0.15) is 16.0 Å². The summed E-state index contributed by atoms with van der Waals surface area (Å²) in [7, 11) is 0. The van der Waals surface area contributed by atoms with Gasteiger partial charge in [-0.25, -0.2) is 0 Å². The number of halogens is 2. The van der Waals surface area contributed by atoms with Crippen molar-refractivity contribution in [2.45, 2.75) is 19.4 Å². The molecule has 96 valence electrons. The number of hydrogen-bond donors (Lipinski definition) is 1. The number of aryl methyl sites for hydroxylation is 1. The van der Waals surface area contributed by atoms with E-state index in [1.165, 1.54) is 12.1 Å². The molecule has 0 aliphatic heterocycles. The van der Waals surface area contributed by atoms with Crippen molar-refractivity contribution in [1.82, 2.24) is 5.32 Å². The van der Waals surface area contributed by atoms with Crippen LogP contribution in [0.25, 0.3) is 0 Å². The second-order valence-electron chi connectivity index (χ2n) is 4.20. The van der Waals surface area contributed by atoms with Crippen molar-refractivity contribution in [3.05, 3.63) is 57.8 Å². The molecular formula is C14H15F2NS. The van der Waals surface area contributed by atoms with E-state index < -0.39 is 5.92 Å². The number of nitrogens with one attached hydrogen (secondary N) is 1. The Kier molecular flexibility index (Phi) is 4.09. The van der Waals surface area contributed by atoms with Gasteiger partial charge in [-0.2, -0.15) is 8.78 Å². The standard InChI is InChI=1S/C14H15F2NS/c1-11-7-8-18-13(11)9-17-10-14(15,16)12-5-3-2-4-6-12/h2-8,17H,9-10H2,1H3. The lowest BCUT2D eigenvalue weighted by atomic mass is 10.1. The quantitative estimate of drug-likeness (QED) is 0.865. The van der Waals surface area contributed by atoms with Crippen molar-refractivity contribution in [1.29, 1.82) is 0 Å². The first-order valence-corrected chi connectivity index (χ1v) is 6.64. The minimum absolute atomic E-state index is 0.0559. The average molecular weight is 267 g/mol. The monoisotopic (exact) mass is 267 g/mol. The summed E-state index contributed by atoms with van der Waals surface area (Å²) in [5, 5.41) is 4.80. The van der Waals surface area contributed by atoms with Crippen LogP contribution in [0.15, 0.2) is 41.8 Å². The van der Waals surface area contributed by atoms with Gasteiger partial charge in [0.2, 0.25) is 0 Å². The predicted octanol–water partition coefficient (Wildman–Crippen LogP) is 3.94. The van der Waals surface area contributed by atoms with E-state index in [1.54, 1.807) is 29.5 Å². The summed E-state index contributed by atoms with van der Waals surface area (Å²) in [5.41, 5.74) is 1.20. The van der Waals surface area contributed by atoms with Crippen molar-refractivity contribution in [3.63, 3.8) is 0 Å². The molecule has 0 spiro atoms. The van der Waals surface area contributed by atoms with E-state index in [9.17, 15) is 8.78 Å². The largest absolute Gasteiger partial charge is 0.306 e. The van der Waals surface area contributed by atoms with Gasteiger partial charge in [-0.15, -0.1) is 11.3 Å². The maximum atomic E-state index is 13.8. The summed E-state index contributed by atoms with van der Waals surface area (Å²) >= 11 is 1.59. The molecule has 1 heterocycles. The Balaban J connectivity index is 1.92. The molecule has 0 unspecified atom stereocenters. The highest BCUT2D eigenvalue weighted by molar-refractivity contribution is 7.10. The van der Waals surface area contributed by atoms with Gasteiger partial charge in [-0.1, -0.05) is 30.3 Å². The Hall–Kier alpha value is -1.26. The van der Waals surface area contributed by atoms with Crippen molar-refractivity contribution < 1.29 is 8.78 Å². The van der Waals surface area contributed by atoms with E-state index in [0.717, 1.165) is 10.4 Å². The van der Waals surface area contributed by atoms with Gasteiger partial charge in [-0.3, -0.25) is 0 Å². The molecule has 0 atom stereocenters. The molecule has 0 saturated heterocycles. The van der Waals surface area contributed by atoms with Crippen molar-refractivity contribution in [3.8, 4) is 0 Å². The van der Waals surface area contributed by atoms with Crippen molar-refractivity contribution >= 4 is 11.3 Å². The topological polar surface area (TPSA) is 12.0 Å². The van der Waals surface area contributed by atoms with Crippen LogP contribution in [0.3, 0.4) is 0 Å². The number of hydrogen-bond acceptors (Lipinski definition) is 2. The maximum absolute atomic E-state index is 13.8. The van der Waals surface area contributed by atoms with Crippen LogP contribution in [-0.2, 0) is 12.5 Å². The van der Waals surface area contributed by atoms with E-state index in [4.69, 9.17) is 0 Å². The third kappa shape index (κ3) is 3.15. The summed E-state index contributed by atoms with van der Waals surface area (Å²) in [5.74, 6) is -2.83. The Morgan fingerprint density at radius 1 is 1.17 bits per heavy atom. The summed E-state index contributed by atoms with van der Waals surface area (Å²) in [6, 6.07) is 9.91. The number of rotatable bonds is 5. The summed E-state index contributed by atoms with van der Waals surface area (Å²) < 4.78 is 27.7. The first-order valence-electron chi connectivity index (χ1n) is 5.76. The van der Waals surface area contributed by atoms with Crippen LogP contribution in [0.4, 0.5) is 8.78 Å². The summed E-state index contributed by atoms with van der Waals surface area (Å²) in [6.07, 6.45) is 0. The number of alkyl halides is 2. The molecule has 1 aromatic carbocycles. The summed E-state index contributed by atoms with van der Waals surface area (Å²) in [4.78, 5) is 1.11. The normalized spacial score (nSPS) is 11.7. The minimum atomic E-state index is -2.83. The van der Waals surface area contributed by atoms with Crippen LogP contribution >= 0.6 is 11.3 Å². The zero-order valence-electron chi connectivity index (χ0n) is 10.1. The van der Waals surface area contributed by atoms with Gasteiger partial charge in [0.15, 0.2) is 0 Å². The lowest BCUT2D eigenvalue weighted by Gasteiger charge is -2.17. The minimum Gasteiger partial charge on any atom is -0.306 e. The molecular weight excluding hydrogens is 252 g/mol. The van der Waals surface area contributed by atoms with E-state index in [1.807, 2.05) is 18.4 Å². The van der Waals surface area contributed by atoms with E-state index in [2.05, 4.69) is 5.32 Å². The molecule has 1 N–H and O–H groups in total. The molecule has 0 fully saturated rings. The van der Waals surface area contributed by atoms with Crippen LogP contribution in [0.2, 0.25) is 0 Å². The van der Waals surface area contributed by atoms with Crippen LogP contribution in [0.5, 0.6) is 0 Å². The zero-order valence-corrected chi connectivity index (χ0v) is 10.9. The van der Waals surface area contributed by atoms with Gasteiger partial charge in [0.05, 0.1) is 6.54 Å². The fourth-order valence-electron chi connectivity index (χ4n) is 1.70. The van der Waals surface area contributed by atoms with Crippen LogP contribution in [0, 0.1) is 6.92 Å². The highest BCUT2D eigenvalue weighted by Gasteiger charge is 2.30. The first kappa shape index (κ1) is 13.2. The Labute approximate surface area is 109 Å². The third-order valence-corrected chi connectivity index (χ3v) is 3.82. The molecule has 0 saturated carbocycles. The molecule has 0 aliphatic carbocycles. The molecule has 0 aliphatic rings. The van der Waals surface area contributed by atoms with E-state index in [-0.39, 0.29) is 12.1 Å². The molecule has 0 amide bonds. The maximum Gasteiger partial charge on any atom is 0.285 e. The second kappa shape index (κ2) is 5.59. The van der Waals surface area contributed by atoms with Gasteiger partial charge in [0.1, 0.15) is 0 Å². The lowest BCUT2D eigenvalue weighted by Crippen LogP contribution is -2.30. The molecule has 2 aromatic rings. The average Bonchev–Trinajstić information content (AvgIpc) is 2.76. The Morgan fingerprint density at radius 3 is 2.50 bits per heavy atom. The van der Waals surface area contributed by atoms with Gasteiger partial charge < -0.3 is 5.32 Å².